The molecular formula is C24H27N3O3. The number of hydrogen-bond acceptors (Lipinski definition) is 5. The molecule has 0 aliphatic carbocycles. The van der Waals surface area contributed by atoms with Crippen LogP contribution in [0.3, 0.4) is 0 Å². The number of amides is 1. The van der Waals surface area contributed by atoms with E-state index in [4.69, 9.17) is 4.42 Å². The molecule has 0 saturated heterocycles. The van der Waals surface area contributed by atoms with E-state index in [1.165, 1.54) is 12.2 Å². The normalized spacial score (nSPS) is 11.2. The maximum atomic E-state index is 12.5. The fraction of sp³-hybridized carbons (Fsp3) is 0.292. The van der Waals surface area contributed by atoms with E-state index in [0.717, 1.165) is 35.3 Å². The van der Waals surface area contributed by atoms with Gasteiger partial charge >= 0.3 is 5.63 Å². The number of nitrogens with one attached hydrogen (secondary N) is 1. The minimum absolute atomic E-state index is 0.250. The molecule has 3 rings (SSSR count). The topological polar surface area (TPSA) is 75.4 Å². The largest absolute Gasteiger partial charge is 0.422 e. The Morgan fingerprint density at radius 1 is 1.17 bits per heavy atom. The highest BCUT2D eigenvalue weighted by Gasteiger charge is 2.11. The second kappa shape index (κ2) is 9.87. The van der Waals surface area contributed by atoms with Crippen molar-refractivity contribution in [2.75, 3.05) is 24.5 Å². The predicted molar refractivity (Wildman–Crippen MR) is 121 cm³/mol. The molecule has 0 fully saturated rings. The predicted octanol–water partition coefficient (Wildman–Crippen LogP) is 3.71. The summed E-state index contributed by atoms with van der Waals surface area (Å²) in [6, 6.07) is 9.72. The molecule has 0 aliphatic heterocycles. The Morgan fingerprint density at radius 2 is 1.90 bits per heavy atom. The van der Waals surface area contributed by atoms with Gasteiger partial charge in [-0.05, 0) is 68.7 Å². The molecule has 0 bridgehead atoms. The second-order valence-electron chi connectivity index (χ2n) is 7.01. The van der Waals surface area contributed by atoms with E-state index in [1.807, 2.05) is 37.3 Å². The number of aryl methyl sites for hydroxylation is 1. The number of hydrogen-bond donors (Lipinski definition) is 1. The standard InChI is InChI=1S/C24H27N3O3/c1-4-27(5-2)19-6-7-20-17(3)21(24(29)30-22(20)16-19)8-9-23(28)26-15-12-18-10-13-25-14-11-18/h6-11,13-14,16H,4-5,12,15H2,1-3H3,(H,26,28). The van der Waals surface area contributed by atoms with E-state index in [-0.39, 0.29) is 5.91 Å². The van der Waals surface area contributed by atoms with Crippen LogP contribution in [0.2, 0.25) is 0 Å². The number of rotatable bonds is 8. The first kappa shape index (κ1) is 21.3. The van der Waals surface area contributed by atoms with E-state index >= 15 is 0 Å². The summed E-state index contributed by atoms with van der Waals surface area (Å²) in [4.78, 5) is 30.8. The molecule has 0 aliphatic rings. The van der Waals surface area contributed by atoms with Gasteiger partial charge < -0.3 is 14.6 Å². The van der Waals surface area contributed by atoms with Crippen molar-refractivity contribution in [3.63, 3.8) is 0 Å². The molecule has 6 nitrogen and oxygen atoms in total. The molecule has 2 heterocycles. The first-order valence-electron chi connectivity index (χ1n) is 10.2. The number of pyridine rings is 1. The van der Waals surface area contributed by atoms with Gasteiger partial charge in [-0.2, -0.15) is 0 Å². The highest BCUT2D eigenvalue weighted by molar-refractivity contribution is 5.93. The molecule has 0 radical (unpaired) electrons. The number of aromatic nitrogens is 1. The zero-order valence-corrected chi connectivity index (χ0v) is 17.6. The van der Waals surface area contributed by atoms with E-state index in [9.17, 15) is 9.59 Å². The number of anilines is 1. The molecule has 1 amide bonds. The Bertz CT molecular complexity index is 1100. The molecule has 6 heteroatoms. The number of carbonyl (C=O) groups is 1. The van der Waals surface area contributed by atoms with E-state index in [2.05, 4.69) is 29.0 Å². The number of benzene rings is 1. The van der Waals surface area contributed by atoms with Gasteiger partial charge in [0.25, 0.3) is 0 Å². The third kappa shape index (κ3) is 4.95. The van der Waals surface area contributed by atoms with Gasteiger partial charge in [0.1, 0.15) is 5.58 Å². The Morgan fingerprint density at radius 3 is 2.60 bits per heavy atom. The molecule has 1 N–H and O–H groups in total. The molecule has 1 aromatic carbocycles. The zero-order valence-electron chi connectivity index (χ0n) is 17.6. The van der Waals surface area contributed by atoms with Gasteiger partial charge in [0.15, 0.2) is 0 Å². The fourth-order valence-corrected chi connectivity index (χ4v) is 3.43. The van der Waals surface area contributed by atoms with Crippen LogP contribution in [0.4, 0.5) is 5.69 Å². The maximum absolute atomic E-state index is 12.5. The van der Waals surface area contributed by atoms with Crippen LogP contribution in [-0.2, 0) is 11.2 Å². The van der Waals surface area contributed by atoms with Gasteiger partial charge in [-0.1, -0.05) is 0 Å². The average molecular weight is 405 g/mol. The van der Waals surface area contributed by atoms with Crippen molar-refractivity contribution in [1.82, 2.24) is 10.3 Å². The molecule has 0 unspecified atom stereocenters. The van der Waals surface area contributed by atoms with Crippen LogP contribution in [0.1, 0.15) is 30.5 Å². The van der Waals surface area contributed by atoms with Crippen LogP contribution < -0.4 is 15.8 Å². The summed E-state index contributed by atoms with van der Waals surface area (Å²) in [5.41, 5.74) is 3.42. The van der Waals surface area contributed by atoms with Crippen LogP contribution in [0, 0.1) is 6.92 Å². The summed E-state index contributed by atoms with van der Waals surface area (Å²) >= 11 is 0. The SMILES string of the molecule is CCN(CC)c1ccc2c(C)c(C=CC(=O)NCCc3ccncc3)c(=O)oc2c1. The van der Waals surface area contributed by atoms with Crippen molar-refractivity contribution < 1.29 is 9.21 Å². The summed E-state index contributed by atoms with van der Waals surface area (Å²) in [7, 11) is 0. The van der Waals surface area contributed by atoms with Crippen molar-refractivity contribution in [2.45, 2.75) is 27.2 Å². The van der Waals surface area contributed by atoms with Crippen LogP contribution in [0.25, 0.3) is 17.0 Å². The Hall–Kier alpha value is -3.41. The lowest BCUT2D eigenvalue weighted by atomic mass is 10.0. The summed E-state index contributed by atoms with van der Waals surface area (Å²) in [5, 5.41) is 3.69. The van der Waals surface area contributed by atoms with Crippen LogP contribution in [0.15, 0.2) is 58.0 Å². The molecule has 30 heavy (non-hydrogen) atoms. The summed E-state index contributed by atoms with van der Waals surface area (Å²) in [6.45, 7) is 8.31. The monoisotopic (exact) mass is 405 g/mol. The summed E-state index contributed by atoms with van der Waals surface area (Å²) in [5.74, 6) is -0.250. The van der Waals surface area contributed by atoms with Gasteiger partial charge in [0.2, 0.25) is 5.91 Å². The Kier molecular flexibility index (Phi) is 7.01. The molecule has 0 saturated carbocycles. The van der Waals surface area contributed by atoms with Gasteiger partial charge in [-0.15, -0.1) is 0 Å². The van der Waals surface area contributed by atoms with E-state index in [1.54, 1.807) is 12.4 Å². The highest BCUT2D eigenvalue weighted by atomic mass is 16.4. The van der Waals surface area contributed by atoms with E-state index < -0.39 is 5.63 Å². The lowest BCUT2D eigenvalue weighted by Crippen LogP contribution is -2.23. The smallest absolute Gasteiger partial charge is 0.343 e. The Balaban J connectivity index is 1.74. The van der Waals surface area contributed by atoms with E-state index in [0.29, 0.717) is 24.1 Å². The van der Waals surface area contributed by atoms with Crippen molar-refractivity contribution in [2.24, 2.45) is 0 Å². The lowest BCUT2D eigenvalue weighted by Gasteiger charge is -2.21. The van der Waals surface area contributed by atoms with Gasteiger partial charge in [-0.25, -0.2) is 4.79 Å². The third-order valence-corrected chi connectivity index (χ3v) is 5.19. The number of nitrogens with zero attached hydrogens (tertiary/aromatic N) is 2. The average Bonchev–Trinajstić information content (AvgIpc) is 2.75. The van der Waals surface area contributed by atoms with Crippen molar-refractivity contribution >= 4 is 28.6 Å². The minimum atomic E-state index is -0.447. The molecule has 0 spiro atoms. The highest BCUT2D eigenvalue weighted by Crippen LogP contribution is 2.25. The zero-order chi connectivity index (χ0) is 21.5. The van der Waals surface area contributed by atoms with Gasteiger partial charge in [-0.3, -0.25) is 9.78 Å². The number of fused-ring (bicyclic) bond motifs is 1. The van der Waals surface area contributed by atoms with Crippen LogP contribution in [-0.4, -0.2) is 30.5 Å². The van der Waals surface area contributed by atoms with Gasteiger partial charge in [0, 0.05) is 55.2 Å². The number of carbonyl (C=O) groups excluding carboxylic acids is 1. The van der Waals surface area contributed by atoms with Gasteiger partial charge in [0.05, 0.1) is 5.56 Å². The molecular weight excluding hydrogens is 378 g/mol. The van der Waals surface area contributed by atoms with Crippen LogP contribution in [0.5, 0.6) is 0 Å². The Labute approximate surface area is 176 Å². The molecule has 3 aromatic rings. The minimum Gasteiger partial charge on any atom is -0.422 e. The van der Waals surface area contributed by atoms with Crippen LogP contribution >= 0.6 is 0 Å². The third-order valence-electron chi connectivity index (χ3n) is 5.19. The summed E-state index contributed by atoms with van der Waals surface area (Å²) in [6.07, 6.45) is 7.07. The maximum Gasteiger partial charge on any atom is 0.343 e. The fourth-order valence-electron chi connectivity index (χ4n) is 3.43. The quantitative estimate of drug-likeness (QED) is 0.457. The second-order valence-corrected chi connectivity index (χ2v) is 7.01. The molecule has 0 atom stereocenters. The first-order chi connectivity index (χ1) is 14.5. The van der Waals surface area contributed by atoms with Crippen molar-refractivity contribution in [3.05, 3.63) is 75.9 Å². The first-order valence-corrected chi connectivity index (χ1v) is 10.2. The molecule has 2 aromatic heterocycles. The lowest BCUT2D eigenvalue weighted by molar-refractivity contribution is -0.116. The van der Waals surface area contributed by atoms with Crippen molar-refractivity contribution in [1.29, 1.82) is 0 Å². The molecule has 156 valence electrons. The summed E-state index contributed by atoms with van der Waals surface area (Å²) < 4.78 is 5.55. The van der Waals surface area contributed by atoms with Crippen molar-refractivity contribution in [3.8, 4) is 0 Å².